The zero-order valence-corrected chi connectivity index (χ0v) is 15.9. The average Bonchev–Trinajstić information content (AvgIpc) is 2.51. The van der Waals surface area contributed by atoms with E-state index in [4.69, 9.17) is 9.47 Å². The minimum absolute atomic E-state index is 0.137. The molecule has 1 aliphatic heterocycles. The molecule has 0 bridgehead atoms. The molecule has 1 aromatic rings. The van der Waals surface area contributed by atoms with Gasteiger partial charge in [0.25, 0.3) is 0 Å². The third kappa shape index (κ3) is 5.96. The summed E-state index contributed by atoms with van der Waals surface area (Å²) < 4.78 is 47.8. The van der Waals surface area contributed by atoms with Crippen LogP contribution in [0.1, 0.15) is 18.4 Å². The second-order valence-electron chi connectivity index (χ2n) is 5.97. The van der Waals surface area contributed by atoms with Crippen molar-refractivity contribution in [3.63, 3.8) is 0 Å². The molecule has 0 spiro atoms. The number of hydrogen-bond donors (Lipinski definition) is 1. The van der Waals surface area contributed by atoms with E-state index < -0.39 is 12.8 Å². The maximum Gasteiger partial charge on any atom is 0.422 e. The van der Waals surface area contributed by atoms with Crippen LogP contribution in [-0.2, 0) is 6.54 Å². The van der Waals surface area contributed by atoms with Gasteiger partial charge in [-0.1, -0.05) is 0 Å². The third-order valence-electron chi connectivity index (χ3n) is 3.98. The smallest absolute Gasteiger partial charge is 0.422 e. The van der Waals surface area contributed by atoms with Gasteiger partial charge in [-0.2, -0.15) is 13.2 Å². The number of ether oxygens (including phenoxy) is 2. The van der Waals surface area contributed by atoms with E-state index in [0.717, 1.165) is 31.5 Å². The van der Waals surface area contributed by atoms with E-state index >= 15 is 0 Å². The zero-order chi connectivity index (χ0) is 17.7. The number of benzene rings is 1. The molecule has 1 saturated heterocycles. The molecular formula is C16H22F3IN2O2. The molecule has 1 heterocycles. The van der Waals surface area contributed by atoms with Crippen molar-refractivity contribution in [1.29, 1.82) is 0 Å². The van der Waals surface area contributed by atoms with Crippen LogP contribution in [0, 0.1) is 3.57 Å². The van der Waals surface area contributed by atoms with E-state index in [0.29, 0.717) is 21.9 Å². The van der Waals surface area contributed by atoms with Crippen LogP contribution in [0.3, 0.4) is 0 Å². The van der Waals surface area contributed by atoms with Crippen LogP contribution in [0.4, 0.5) is 13.2 Å². The van der Waals surface area contributed by atoms with Crippen molar-refractivity contribution in [2.24, 2.45) is 0 Å². The first-order valence-corrected chi connectivity index (χ1v) is 8.84. The van der Waals surface area contributed by atoms with Crippen LogP contribution in [0.25, 0.3) is 0 Å². The van der Waals surface area contributed by atoms with E-state index in [9.17, 15) is 13.2 Å². The first-order valence-electron chi connectivity index (χ1n) is 7.76. The predicted octanol–water partition coefficient (Wildman–Crippen LogP) is 3.42. The van der Waals surface area contributed by atoms with Crippen molar-refractivity contribution in [3.05, 3.63) is 21.3 Å². The minimum atomic E-state index is -4.37. The lowest BCUT2D eigenvalue weighted by atomic mass is 10.1. The molecule has 0 radical (unpaired) electrons. The highest BCUT2D eigenvalue weighted by Gasteiger charge is 2.29. The Kier molecular flexibility index (Phi) is 6.99. The van der Waals surface area contributed by atoms with Crippen LogP contribution >= 0.6 is 22.6 Å². The lowest BCUT2D eigenvalue weighted by Gasteiger charge is -2.29. The number of piperidine rings is 1. The van der Waals surface area contributed by atoms with Crippen molar-refractivity contribution < 1.29 is 22.6 Å². The molecule has 0 atom stereocenters. The van der Waals surface area contributed by atoms with Gasteiger partial charge in [0.1, 0.15) is 0 Å². The molecule has 1 aliphatic rings. The van der Waals surface area contributed by atoms with Gasteiger partial charge in [-0.3, -0.25) is 0 Å². The van der Waals surface area contributed by atoms with E-state index in [1.807, 2.05) is 28.7 Å². The molecule has 2 rings (SSSR count). The number of nitrogens with zero attached hydrogens (tertiary/aromatic N) is 1. The Balaban J connectivity index is 2.00. The van der Waals surface area contributed by atoms with Crippen molar-refractivity contribution in [1.82, 2.24) is 10.2 Å². The summed E-state index contributed by atoms with van der Waals surface area (Å²) in [5.74, 6) is 0.463. The molecule has 24 heavy (non-hydrogen) atoms. The molecule has 1 fully saturated rings. The number of nitrogens with one attached hydrogen (secondary N) is 1. The lowest BCUT2D eigenvalue weighted by Crippen LogP contribution is -2.40. The normalized spacial score (nSPS) is 17.1. The van der Waals surface area contributed by atoms with Gasteiger partial charge in [0, 0.05) is 12.6 Å². The van der Waals surface area contributed by atoms with E-state index in [1.165, 1.54) is 7.11 Å². The van der Waals surface area contributed by atoms with Gasteiger partial charge < -0.3 is 19.7 Å². The molecule has 0 aliphatic carbocycles. The zero-order valence-electron chi connectivity index (χ0n) is 13.8. The fourth-order valence-corrected chi connectivity index (χ4v) is 3.47. The molecule has 1 aromatic carbocycles. The molecule has 136 valence electrons. The van der Waals surface area contributed by atoms with Crippen LogP contribution in [0.5, 0.6) is 11.5 Å². The lowest BCUT2D eigenvalue weighted by molar-refractivity contribution is -0.153. The number of halogens is 4. The molecule has 8 heteroatoms. The summed E-state index contributed by atoms with van der Waals surface area (Å²) in [6.07, 6.45) is -2.18. The van der Waals surface area contributed by atoms with Gasteiger partial charge in [0.15, 0.2) is 18.1 Å². The Morgan fingerprint density at radius 3 is 2.54 bits per heavy atom. The van der Waals surface area contributed by atoms with E-state index in [1.54, 1.807) is 6.07 Å². The van der Waals surface area contributed by atoms with Crippen LogP contribution in [0.2, 0.25) is 0 Å². The maximum atomic E-state index is 12.4. The highest BCUT2D eigenvalue weighted by molar-refractivity contribution is 14.1. The summed E-state index contributed by atoms with van der Waals surface area (Å²) in [6.45, 7) is 1.47. The highest BCUT2D eigenvalue weighted by atomic mass is 127. The molecule has 0 aromatic heterocycles. The number of likely N-dealkylation sites (tertiary alicyclic amines) is 1. The Morgan fingerprint density at radius 1 is 1.29 bits per heavy atom. The fourth-order valence-electron chi connectivity index (χ4n) is 2.64. The Hall–Kier alpha value is -0.740. The summed E-state index contributed by atoms with van der Waals surface area (Å²) in [5, 5.41) is 3.51. The molecular weight excluding hydrogens is 436 g/mol. The molecule has 0 unspecified atom stereocenters. The Labute approximate surface area is 153 Å². The second-order valence-corrected chi connectivity index (χ2v) is 7.13. The van der Waals surface area contributed by atoms with Gasteiger partial charge in [-0.15, -0.1) is 0 Å². The van der Waals surface area contributed by atoms with Gasteiger partial charge in [-0.25, -0.2) is 0 Å². The highest BCUT2D eigenvalue weighted by Crippen LogP contribution is 2.35. The third-order valence-corrected chi connectivity index (χ3v) is 4.78. The maximum absolute atomic E-state index is 12.4. The summed E-state index contributed by atoms with van der Waals surface area (Å²) in [4.78, 5) is 2.30. The van der Waals surface area contributed by atoms with Crippen LogP contribution in [0.15, 0.2) is 12.1 Å². The second kappa shape index (κ2) is 8.57. The first-order chi connectivity index (χ1) is 11.3. The topological polar surface area (TPSA) is 33.7 Å². The minimum Gasteiger partial charge on any atom is -0.493 e. The number of alkyl halides is 3. The fraction of sp³-hybridized carbons (Fsp3) is 0.625. The van der Waals surface area contributed by atoms with Gasteiger partial charge in [0.05, 0.1) is 10.7 Å². The summed E-state index contributed by atoms with van der Waals surface area (Å²) in [5.41, 5.74) is 0.967. The van der Waals surface area contributed by atoms with Crippen molar-refractivity contribution in [3.8, 4) is 11.5 Å². The molecule has 1 N–H and O–H groups in total. The van der Waals surface area contributed by atoms with Gasteiger partial charge in [-0.05, 0) is 73.3 Å². The number of hydrogen-bond acceptors (Lipinski definition) is 4. The summed E-state index contributed by atoms with van der Waals surface area (Å²) in [7, 11) is 3.54. The van der Waals surface area contributed by atoms with E-state index in [-0.39, 0.29) is 5.75 Å². The Morgan fingerprint density at radius 2 is 1.96 bits per heavy atom. The van der Waals surface area contributed by atoms with Crippen LogP contribution < -0.4 is 14.8 Å². The van der Waals surface area contributed by atoms with E-state index in [2.05, 4.69) is 17.3 Å². The van der Waals surface area contributed by atoms with Gasteiger partial charge >= 0.3 is 6.18 Å². The summed E-state index contributed by atoms with van der Waals surface area (Å²) >= 11 is 1.98. The predicted molar refractivity (Wildman–Crippen MR) is 94.6 cm³/mol. The van der Waals surface area contributed by atoms with Gasteiger partial charge in [0.2, 0.25) is 0 Å². The number of rotatable bonds is 6. The molecule has 4 nitrogen and oxygen atoms in total. The van der Waals surface area contributed by atoms with Crippen molar-refractivity contribution >= 4 is 22.6 Å². The first kappa shape index (κ1) is 19.6. The van der Waals surface area contributed by atoms with Crippen molar-refractivity contribution in [2.75, 3.05) is 33.9 Å². The molecule has 0 amide bonds. The summed E-state index contributed by atoms with van der Waals surface area (Å²) in [6, 6.07) is 4.03. The standard InChI is InChI=1S/C16H22F3IN2O2/c1-22-5-3-12(4-6-22)21-9-11-7-13(20)15(14(8-11)23-2)24-10-16(17,18)19/h7-8,12,21H,3-6,9-10H2,1-2H3. The number of methoxy groups -OCH3 is 1. The van der Waals surface area contributed by atoms with Crippen molar-refractivity contribution in [2.45, 2.75) is 31.6 Å². The van der Waals surface area contributed by atoms with Crippen LogP contribution in [-0.4, -0.2) is 51.0 Å². The molecule has 0 saturated carbocycles. The largest absolute Gasteiger partial charge is 0.493 e. The Bertz CT molecular complexity index is 547. The quantitative estimate of drug-likeness (QED) is 0.663. The monoisotopic (exact) mass is 458 g/mol. The average molecular weight is 458 g/mol. The SMILES string of the molecule is COc1cc(CNC2CCN(C)CC2)cc(I)c1OCC(F)(F)F.